The molecule has 2 aromatic carbocycles. The van der Waals surface area contributed by atoms with Gasteiger partial charge < -0.3 is 9.47 Å². The lowest BCUT2D eigenvalue weighted by atomic mass is 10.1. The molecule has 0 fully saturated rings. The molecule has 105 valence electrons. The van der Waals surface area contributed by atoms with Gasteiger partial charge in [-0.1, -0.05) is 18.2 Å². The van der Waals surface area contributed by atoms with Crippen LogP contribution in [0.2, 0.25) is 0 Å². The molecule has 0 heterocycles. The predicted molar refractivity (Wildman–Crippen MR) is 68.0 cm³/mol. The quantitative estimate of drug-likeness (QED) is 0.805. The number of halogens is 3. The number of benzene rings is 2. The Morgan fingerprint density at radius 2 is 1.75 bits per heavy atom. The summed E-state index contributed by atoms with van der Waals surface area (Å²) in [6, 6.07) is 11.8. The van der Waals surface area contributed by atoms with E-state index in [4.69, 9.17) is 4.74 Å². The standard InChI is InChI=1S/C15H12F3O2/c1-10-6-5-9-12(11(10)2)19-13-7-3-4-8-14(13)20-15(16,17)18/h4-9H,1-2H3. The first-order valence-corrected chi connectivity index (χ1v) is 5.87. The maximum atomic E-state index is 12.3. The van der Waals surface area contributed by atoms with Crippen molar-refractivity contribution < 1.29 is 22.6 Å². The molecular formula is C15H12F3O2. The van der Waals surface area contributed by atoms with E-state index in [1.54, 1.807) is 12.1 Å². The van der Waals surface area contributed by atoms with Crippen LogP contribution in [0.25, 0.3) is 0 Å². The summed E-state index contributed by atoms with van der Waals surface area (Å²) < 4.78 is 46.4. The van der Waals surface area contributed by atoms with Gasteiger partial charge in [-0.3, -0.25) is 0 Å². The Labute approximate surface area is 114 Å². The summed E-state index contributed by atoms with van der Waals surface area (Å²) in [6.07, 6.45) is -4.76. The first kappa shape index (κ1) is 14.2. The third-order valence-electron chi connectivity index (χ3n) is 2.79. The highest BCUT2D eigenvalue weighted by Crippen LogP contribution is 2.36. The summed E-state index contributed by atoms with van der Waals surface area (Å²) in [5.41, 5.74) is 1.84. The average molecular weight is 281 g/mol. The molecule has 0 aromatic heterocycles. The van der Waals surface area contributed by atoms with E-state index in [2.05, 4.69) is 10.8 Å². The summed E-state index contributed by atoms with van der Waals surface area (Å²) in [5.74, 6) is 0.0623. The third-order valence-corrected chi connectivity index (χ3v) is 2.79. The molecule has 0 spiro atoms. The summed E-state index contributed by atoms with van der Waals surface area (Å²) in [4.78, 5) is 0. The highest BCUT2D eigenvalue weighted by molar-refractivity contribution is 5.46. The van der Waals surface area contributed by atoms with Gasteiger partial charge in [-0.05, 0) is 49.2 Å². The van der Waals surface area contributed by atoms with Gasteiger partial charge in [-0.25, -0.2) is 0 Å². The van der Waals surface area contributed by atoms with Gasteiger partial charge in [-0.15, -0.1) is 13.2 Å². The Morgan fingerprint density at radius 3 is 2.45 bits per heavy atom. The minimum Gasteiger partial charge on any atom is -0.453 e. The smallest absolute Gasteiger partial charge is 0.453 e. The number of aryl methyl sites for hydroxylation is 1. The molecule has 0 unspecified atom stereocenters. The van der Waals surface area contributed by atoms with Gasteiger partial charge in [0.05, 0.1) is 0 Å². The van der Waals surface area contributed by atoms with Crippen molar-refractivity contribution in [1.29, 1.82) is 0 Å². The Hall–Kier alpha value is -2.17. The largest absolute Gasteiger partial charge is 0.573 e. The zero-order valence-corrected chi connectivity index (χ0v) is 10.9. The van der Waals surface area contributed by atoms with Gasteiger partial charge in [0.1, 0.15) is 5.75 Å². The van der Waals surface area contributed by atoms with Crippen LogP contribution in [0.1, 0.15) is 11.1 Å². The van der Waals surface area contributed by atoms with E-state index in [0.29, 0.717) is 5.75 Å². The summed E-state index contributed by atoms with van der Waals surface area (Å²) in [5, 5.41) is 0. The number of hydrogen-bond donors (Lipinski definition) is 0. The van der Waals surface area contributed by atoms with Gasteiger partial charge in [-0.2, -0.15) is 0 Å². The van der Waals surface area contributed by atoms with Crippen LogP contribution in [0.4, 0.5) is 13.2 Å². The Balaban J connectivity index is 2.32. The fraction of sp³-hybridized carbons (Fsp3) is 0.200. The van der Waals surface area contributed by atoms with Crippen LogP contribution in [0, 0.1) is 19.9 Å². The lowest BCUT2D eigenvalue weighted by molar-refractivity contribution is -0.275. The van der Waals surface area contributed by atoms with E-state index in [1.165, 1.54) is 12.1 Å². The van der Waals surface area contributed by atoms with E-state index in [1.807, 2.05) is 19.9 Å². The molecule has 0 amide bonds. The second-order valence-corrected chi connectivity index (χ2v) is 4.22. The number of alkyl halides is 3. The number of rotatable bonds is 3. The Morgan fingerprint density at radius 1 is 1.00 bits per heavy atom. The first-order chi connectivity index (χ1) is 9.37. The molecule has 0 bridgehead atoms. The van der Waals surface area contributed by atoms with Gasteiger partial charge in [0.25, 0.3) is 0 Å². The first-order valence-electron chi connectivity index (χ1n) is 5.87. The van der Waals surface area contributed by atoms with Crippen LogP contribution in [-0.4, -0.2) is 6.36 Å². The molecule has 20 heavy (non-hydrogen) atoms. The molecular weight excluding hydrogens is 269 g/mol. The molecule has 2 aromatic rings. The van der Waals surface area contributed by atoms with Crippen molar-refractivity contribution in [2.75, 3.05) is 0 Å². The van der Waals surface area contributed by atoms with Crippen LogP contribution < -0.4 is 9.47 Å². The maximum absolute atomic E-state index is 12.3. The highest BCUT2D eigenvalue weighted by atomic mass is 19.4. The predicted octanol–water partition coefficient (Wildman–Crippen LogP) is 4.79. The van der Waals surface area contributed by atoms with Crippen LogP contribution in [0.3, 0.4) is 0 Å². The van der Waals surface area contributed by atoms with Gasteiger partial charge >= 0.3 is 6.36 Å². The second-order valence-electron chi connectivity index (χ2n) is 4.22. The maximum Gasteiger partial charge on any atom is 0.573 e. The van der Waals surface area contributed by atoms with E-state index in [9.17, 15) is 13.2 Å². The van der Waals surface area contributed by atoms with Gasteiger partial charge in [0.2, 0.25) is 0 Å². The third kappa shape index (κ3) is 3.44. The lowest BCUT2D eigenvalue weighted by Crippen LogP contribution is -2.17. The fourth-order valence-electron chi connectivity index (χ4n) is 1.64. The molecule has 0 saturated heterocycles. The van der Waals surface area contributed by atoms with Crippen LogP contribution in [-0.2, 0) is 0 Å². The number of hydrogen-bond acceptors (Lipinski definition) is 2. The van der Waals surface area contributed by atoms with Crippen molar-refractivity contribution in [3.63, 3.8) is 0 Å². The van der Waals surface area contributed by atoms with Crippen molar-refractivity contribution in [2.45, 2.75) is 20.2 Å². The van der Waals surface area contributed by atoms with Crippen molar-refractivity contribution in [3.05, 3.63) is 53.6 Å². The molecule has 0 aliphatic rings. The molecule has 0 N–H and O–H groups in total. The molecule has 2 rings (SSSR count). The average Bonchev–Trinajstić information content (AvgIpc) is 2.35. The van der Waals surface area contributed by atoms with E-state index in [0.717, 1.165) is 17.2 Å². The minimum atomic E-state index is -4.76. The van der Waals surface area contributed by atoms with E-state index >= 15 is 0 Å². The zero-order valence-electron chi connectivity index (χ0n) is 10.9. The summed E-state index contributed by atoms with van der Waals surface area (Å²) in [6.45, 7) is 3.73. The molecule has 0 atom stereocenters. The molecule has 1 radical (unpaired) electrons. The number of ether oxygens (including phenoxy) is 2. The molecule has 5 heteroatoms. The van der Waals surface area contributed by atoms with Crippen molar-refractivity contribution in [3.8, 4) is 17.2 Å². The Kier molecular flexibility index (Phi) is 3.88. The molecule has 0 aliphatic carbocycles. The summed E-state index contributed by atoms with van der Waals surface area (Å²) >= 11 is 0. The zero-order chi connectivity index (χ0) is 14.8. The fourth-order valence-corrected chi connectivity index (χ4v) is 1.64. The molecule has 0 saturated carbocycles. The monoisotopic (exact) mass is 281 g/mol. The minimum absolute atomic E-state index is 0.0291. The van der Waals surface area contributed by atoms with Crippen molar-refractivity contribution in [2.24, 2.45) is 0 Å². The van der Waals surface area contributed by atoms with Crippen LogP contribution in [0.15, 0.2) is 36.4 Å². The van der Waals surface area contributed by atoms with Crippen LogP contribution in [0.5, 0.6) is 17.2 Å². The molecule has 0 aliphatic heterocycles. The normalized spacial score (nSPS) is 11.2. The topological polar surface area (TPSA) is 18.5 Å². The highest BCUT2D eigenvalue weighted by Gasteiger charge is 2.32. The summed E-state index contributed by atoms with van der Waals surface area (Å²) in [7, 11) is 0. The van der Waals surface area contributed by atoms with Gasteiger partial charge in [0.15, 0.2) is 11.5 Å². The van der Waals surface area contributed by atoms with Gasteiger partial charge in [0, 0.05) is 0 Å². The SMILES string of the molecule is Cc1cccc(Oc2c[c]ccc2OC(F)(F)F)c1C. The van der Waals surface area contributed by atoms with Crippen LogP contribution >= 0.6 is 0 Å². The molecule has 2 nitrogen and oxygen atoms in total. The second kappa shape index (κ2) is 5.45. The van der Waals surface area contributed by atoms with Crippen molar-refractivity contribution >= 4 is 0 Å². The van der Waals surface area contributed by atoms with Crippen molar-refractivity contribution in [1.82, 2.24) is 0 Å². The van der Waals surface area contributed by atoms with E-state index < -0.39 is 12.1 Å². The Bertz CT molecular complexity index is 606. The lowest BCUT2D eigenvalue weighted by Gasteiger charge is -2.15. The van der Waals surface area contributed by atoms with E-state index in [-0.39, 0.29) is 5.75 Å².